The zero-order valence-electron chi connectivity index (χ0n) is 7.37. The van der Waals surface area contributed by atoms with Crippen LogP contribution >= 0.6 is 0 Å². The molecule has 0 aliphatic carbocycles. The predicted molar refractivity (Wildman–Crippen MR) is 45.3 cm³/mol. The lowest BCUT2D eigenvalue weighted by Crippen LogP contribution is -2.33. The molecule has 0 fully saturated rings. The first-order valence-electron chi connectivity index (χ1n) is 3.78. The molecule has 0 bridgehead atoms. The van der Waals surface area contributed by atoms with E-state index in [1.165, 1.54) is 0 Å². The number of primary amides is 1. The Morgan fingerprint density at radius 3 is 2.67 bits per heavy atom. The molecule has 2 amide bonds. The summed E-state index contributed by atoms with van der Waals surface area (Å²) in [5.41, 5.74) is 4.77. The molecular weight excluding hydrogens is 156 g/mol. The molecule has 3 N–H and O–H groups in total. The van der Waals surface area contributed by atoms with Gasteiger partial charge in [-0.3, -0.25) is 5.21 Å². The van der Waals surface area contributed by atoms with Crippen LogP contribution in [0.1, 0.15) is 20.3 Å². The third kappa shape index (κ3) is 5.57. The normalized spacial score (nSPS) is 9.00. The number of nitrogens with two attached hydrogens (primary N) is 1. The second-order valence-corrected chi connectivity index (χ2v) is 2.69. The lowest BCUT2D eigenvalue weighted by Gasteiger charge is -2.08. The van der Waals surface area contributed by atoms with E-state index in [0.29, 0.717) is 17.4 Å². The number of carbonyl (C=O) groups is 1. The third-order valence-electron chi connectivity index (χ3n) is 1.09. The van der Waals surface area contributed by atoms with Gasteiger partial charge in [0.1, 0.15) is 0 Å². The Bertz CT molecular complexity index is 203. The van der Waals surface area contributed by atoms with Gasteiger partial charge in [0.2, 0.25) is 0 Å². The SMILES string of the molecule is CC(C)C#CCCN(O)C(N)=O. The average molecular weight is 170 g/mol. The molecule has 12 heavy (non-hydrogen) atoms. The molecule has 4 heteroatoms. The van der Waals surface area contributed by atoms with E-state index in [1.54, 1.807) is 0 Å². The molecule has 0 atom stereocenters. The van der Waals surface area contributed by atoms with Gasteiger partial charge in [0.05, 0.1) is 6.54 Å². The maximum Gasteiger partial charge on any atom is 0.338 e. The van der Waals surface area contributed by atoms with Gasteiger partial charge < -0.3 is 5.73 Å². The van der Waals surface area contributed by atoms with E-state index >= 15 is 0 Å². The second kappa shape index (κ2) is 5.44. The van der Waals surface area contributed by atoms with Crippen molar-refractivity contribution >= 4 is 6.03 Å². The fourth-order valence-electron chi connectivity index (χ4n) is 0.548. The lowest BCUT2D eigenvalue weighted by atomic mass is 10.2. The Morgan fingerprint density at radius 1 is 1.67 bits per heavy atom. The number of rotatable bonds is 2. The Hall–Kier alpha value is -1.21. The van der Waals surface area contributed by atoms with Crippen LogP contribution in [0.3, 0.4) is 0 Å². The van der Waals surface area contributed by atoms with E-state index in [2.05, 4.69) is 11.8 Å². The van der Waals surface area contributed by atoms with E-state index in [0.717, 1.165) is 0 Å². The van der Waals surface area contributed by atoms with Crippen molar-refractivity contribution in [3.05, 3.63) is 0 Å². The fourth-order valence-corrected chi connectivity index (χ4v) is 0.548. The molecule has 0 aliphatic rings. The summed E-state index contributed by atoms with van der Waals surface area (Å²) < 4.78 is 0. The van der Waals surface area contributed by atoms with Gasteiger partial charge in [0, 0.05) is 12.3 Å². The van der Waals surface area contributed by atoms with Crippen LogP contribution in [0.4, 0.5) is 4.79 Å². The van der Waals surface area contributed by atoms with Crippen LogP contribution in [0, 0.1) is 17.8 Å². The maximum atomic E-state index is 10.3. The highest BCUT2D eigenvalue weighted by Crippen LogP contribution is 1.88. The topological polar surface area (TPSA) is 66.6 Å². The Labute approximate surface area is 72.3 Å². The third-order valence-corrected chi connectivity index (χ3v) is 1.09. The highest BCUT2D eigenvalue weighted by molar-refractivity contribution is 5.70. The summed E-state index contributed by atoms with van der Waals surface area (Å²) in [6, 6.07) is -0.846. The van der Waals surface area contributed by atoms with Gasteiger partial charge in [-0.2, -0.15) is 0 Å². The summed E-state index contributed by atoms with van der Waals surface area (Å²) in [5.74, 6) is 6.02. The van der Waals surface area contributed by atoms with Gasteiger partial charge in [-0.1, -0.05) is 13.8 Å². The highest BCUT2D eigenvalue weighted by Gasteiger charge is 2.01. The van der Waals surface area contributed by atoms with Gasteiger partial charge in [0.25, 0.3) is 0 Å². The first-order chi connectivity index (χ1) is 5.54. The van der Waals surface area contributed by atoms with Crippen LogP contribution in [0.5, 0.6) is 0 Å². The molecule has 0 unspecified atom stereocenters. The molecular formula is C8H14N2O2. The first-order valence-corrected chi connectivity index (χ1v) is 3.78. The molecule has 0 saturated heterocycles. The molecule has 0 radical (unpaired) electrons. The molecule has 68 valence electrons. The molecule has 0 saturated carbocycles. The van der Waals surface area contributed by atoms with E-state index in [1.807, 2.05) is 13.8 Å². The first kappa shape index (κ1) is 10.8. The molecule has 0 aliphatic heterocycles. The van der Waals surface area contributed by atoms with Gasteiger partial charge in [-0.25, -0.2) is 9.86 Å². The number of carbonyl (C=O) groups excluding carboxylic acids is 1. The summed E-state index contributed by atoms with van der Waals surface area (Å²) in [7, 11) is 0. The van der Waals surface area contributed by atoms with Crippen LogP contribution in [0.25, 0.3) is 0 Å². The van der Waals surface area contributed by atoms with Crippen molar-refractivity contribution in [1.29, 1.82) is 0 Å². The quantitative estimate of drug-likeness (QED) is 0.366. The molecule has 0 heterocycles. The van der Waals surface area contributed by atoms with Gasteiger partial charge in [0.15, 0.2) is 0 Å². The number of nitrogens with zero attached hydrogens (tertiary/aromatic N) is 1. The van der Waals surface area contributed by atoms with Gasteiger partial charge in [-0.05, 0) is 0 Å². The zero-order valence-corrected chi connectivity index (χ0v) is 7.37. The fraction of sp³-hybridized carbons (Fsp3) is 0.625. The molecule has 0 rings (SSSR count). The largest absolute Gasteiger partial charge is 0.350 e. The minimum atomic E-state index is -0.846. The summed E-state index contributed by atoms with van der Waals surface area (Å²) in [6.45, 7) is 4.10. The van der Waals surface area contributed by atoms with Crippen molar-refractivity contribution in [2.24, 2.45) is 11.7 Å². The number of hydrogen-bond donors (Lipinski definition) is 2. The number of hydrogen-bond acceptors (Lipinski definition) is 2. The highest BCUT2D eigenvalue weighted by atomic mass is 16.5. The van der Waals surface area contributed by atoms with Crippen LogP contribution < -0.4 is 5.73 Å². The predicted octanol–water partition coefficient (Wildman–Crippen LogP) is 0.806. The summed E-state index contributed by atoms with van der Waals surface area (Å²) in [6.07, 6.45) is 0.442. The second-order valence-electron chi connectivity index (χ2n) is 2.69. The Kier molecular flexibility index (Phi) is 4.89. The summed E-state index contributed by atoms with van der Waals surface area (Å²) >= 11 is 0. The van der Waals surface area contributed by atoms with E-state index in [9.17, 15) is 4.79 Å². The van der Waals surface area contributed by atoms with Crippen LogP contribution in [0.15, 0.2) is 0 Å². The van der Waals surface area contributed by atoms with Gasteiger partial charge in [-0.15, -0.1) is 11.8 Å². The van der Waals surface area contributed by atoms with E-state index in [-0.39, 0.29) is 6.54 Å². The van der Waals surface area contributed by atoms with E-state index < -0.39 is 6.03 Å². The molecule has 0 spiro atoms. The number of amides is 2. The standard InChI is InChI=1S/C8H14N2O2/c1-7(2)5-3-4-6-10(12)8(9)11/h7,12H,4,6H2,1-2H3,(H2,9,11). The van der Waals surface area contributed by atoms with Crippen molar-refractivity contribution in [3.63, 3.8) is 0 Å². The maximum absolute atomic E-state index is 10.3. The minimum absolute atomic E-state index is 0.162. The van der Waals surface area contributed by atoms with Crippen LogP contribution in [0.2, 0.25) is 0 Å². The molecule has 4 nitrogen and oxygen atoms in total. The monoisotopic (exact) mass is 170 g/mol. The molecule has 0 aromatic carbocycles. The Balaban J connectivity index is 3.58. The molecule has 0 aromatic heterocycles. The van der Waals surface area contributed by atoms with Crippen molar-refractivity contribution < 1.29 is 10.0 Å². The average Bonchev–Trinajstić information content (AvgIpc) is 1.97. The van der Waals surface area contributed by atoms with Crippen LogP contribution in [-0.4, -0.2) is 22.8 Å². The van der Waals surface area contributed by atoms with Crippen molar-refractivity contribution in [2.75, 3.05) is 6.54 Å². The van der Waals surface area contributed by atoms with E-state index in [4.69, 9.17) is 10.9 Å². The molecule has 0 aromatic rings. The lowest BCUT2D eigenvalue weighted by molar-refractivity contribution is -0.0373. The van der Waals surface area contributed by atoms with Crippen molar-refractivity contribution in [1.82, 2.24) is 5.06 Å². The summed E-state index contributed by atoms with van der Waals surface area (Å²) in [4.78, 5) is 10.3. The van der Waals surface area contributed by atoms with Crippen molar-refractivity contribution in [2.45, 2.75) is 20.3 Å². The number of hydroxylamine groups is 2. The van der Waals surface area contributed by atoms with Crippen molar-refractivity contribution in [3.8, 4) is 11.8 Å². The Morgan fingerprint density at radius 2 is 2.25 bits per heavy atom. The van der Waals surface area contributed by atoms with Crippen LogP contribution in [-0.2, 0) is 0 Å². The number of urea groups is 1. The smallest absolute Gasteiger partial charge is 0.338 e. The van der Waals surface area contributed by atoms with Gasteiger partial charge >= 0.3 is 6.03 Å². The minimum Gasteiger partial charge on any atom is -0.350 e. The summed E-state index contributed by atoms with van der Waals surface area (Å²) in [5, 5.41) is 9.24. The zero-order chi connectivity index (χ0) is 9.56.